The zero-order chi connectivity index (χ0) is 16.9. The molecule has 3 nitrogen and oxygen atoms in total. The van der Waals surface area contributed by atoms with Crippen molar-refractivity contribution in [1.29, 1.82) is 0 Å². The molecule has 0 spiro atoms. The molecule has 2 aromatic rings. The minimum absolute atomic E-state index is 0.0852. The highest BCUT2D eigenvalue weighted by Gasteiger charge is 2.26. The van der Waals surface area contributed by atoms with Gasteiger partial charge in [-0.05, 0) is 54.9 Å². The van der Waals surface area contributed by atoms with Crippen molar-refractivity contribution in [2.24, 2.45) is 5.92 Å². The van der Waals surface area contributed by atoms with Crippen molar-refractivity contribution in [3.05, 3.63) is 60.2 Å². The summed E-state index contributed by atoms with van der Waals surface area (Å²) in [7, 11) is 1.90. The van der Waals surface area contributed by atoms with Crippen LogP contribution in [0.5, 0.6) is 0 Å². The Morgan fingerprint density at radius 3 is 2.12 bits per heavy atom. The number of rotatable bonds is 4. The van der Waals surface area contributed by atoms with Crippen molar-refractivity contribution in [3.8, 4) is 11.1 Å². The lowest BCUT2D eigenvalue weighted by Gasteiger charge is -2.34. The summed E-state index contributed by atoms with van der Waals surface area (Å²) in [5, 5.41) is 9.24. The largest absolute Gasteiger partial charge is 0.396 e. The van der Waals surface area contributed by atoms with Crippen molar-refractivity contribution in [1.82, 2.24) is 4.90 Å². The molecule has 0 saturated heterocycles. The minimum atomic E-state index is 0.0852. The van der Waals surface area contributed by atoms with Gasteiger partial charge in [0.25, 0.3) is 5.91 Å². The molecule has 0 atom stereocenters. The Balaban J connectivity index is 1.67. The first kappa shape index (κ1) is 16.7. The van der Waals surface area contributed by atoms with Crippen molar-refractivity contribution >= 4 is 5.91 Å². The molecule has 1 N–H and O–H groups in total. The van der Waals surface area contributed by atoms with Gasteiger partial charge in [-0.3, -0.25) is 4.79 Å². The van der Waals surface area contributed by atoms with Crippen molar-refractivity contribution < 1.29 is 9.90 Å². The number of hydrogen-bond donors (Lipinski definition) is 1. The molecule has 0 unspecified atom stereocenters. The standard InChI is InChI=1S/C21H25NO2/c1-22(20-13-7-16(15-23)8-14-20)21(24)19-11-9-18(10-12-19)17-5-3-2-4-6-17/h2-6,9-12,16,20,23H,7-8,13-15H2,1H3. The number of nitrogens with zero attached hydrogens (tertiary/aromatic N) is 1. The molecular weight excluding hydrogens is 298 g/mol. The van der Waals surface area contributed by atoms with Crippen LogP contribution in [-0.2, 0) is 0 Å². The van der Waals surface area contributed by atoms with Gasteiger partial charge in [-0.2, -0.15) is 0 Å². The molecule has 0 aromatic heterocycles. The Labute approximate surface area is 143 Å². The normalized spacial score (nSPS) is 20.6. The van der Waals surface area contributed by atoms with Crippen molar-refractivity contribution in [2.75, 3.05) is 13.7 Å². The molecule has 0 radical (unpaired) electrons. The maximum absolute atomic E-state index is 12.7. The summed E-state index contributed by atoms with van der Waals surface area (Å²) in [4.78, 5) is 14.6. The molecule has 0 aliphatic heterocycles. The number of aliphatic hydroxyl groups excluding tert-OH is 1. The summed E-state index contributed by atoms with van der Waals surface area (Å²) in [6.45, 7) is 0.269. The van der Waals surface area contributed by atoms with Crippen LogP contribution < -0.4 is 0 Å². The number of benzene rings is 2. The monoisotopic (exact) mass is 323 g/mol. The van der Waals surface area contributed by atoms with Crippen molar-refractivity contribution in [3.63, 3.8) is 0 Å². The lowest BCUT2D eigenvalue weighted by Crippen LogP contribution is -2.39. The lowest BCUT2D eigenvalue weighted by molar-refractivity contribution is 0.0653. The lowest BCUT2D eigenvalue weighted by atomic mass is 9.86. The van der Waals surface area contributed by atoms with Gasteiger partial charge in [-0.15, -0.1) is 0 Å². The highest BCUT2D eigenvalue weighted by molar-refractivity contribution is 5.94. The van der Waals surface area contributed by atoms with Crippen LogP contribution in [0.1, 0.15) is 36.0 Å². The maximum atomic E-state index is 12.7. The summed E-state index contributed by atoms with van der Waals surface area (Å²) < 4.78 is 0. The van der Waals surface area contributed by atoms with Crippen LogP contribution in [-0.4, -0.2) is 35.6 Å². The third kappa shape index (κ3) is 3.68. The predicted molar refractivity (Wildman–Crippen MR) is 96.8 cm³/mol. The molecule has 1 amide bonds. The van der Waals surface area contributed by atoms with E-state index in [1.54, 1.807) is 0 Å². The Bertz CT molecular complexity index is 658. The zero-order valence-corrected chi connectivity index (χ0v) is 14.2. The molecule has 2 aromatic carbocycles. The van der Waals surface area contributed by atoms with Crippen molar-refractivity contribution in [2.45, 2.75) is 31.7 Å². The quantitative estimate of drug-likeness (QED) is 0.924. The van der Waals surface area contributed by atoms with E-state index >= 15 is 0 Å². The highest BCUT2D eigenvalue weighted by Crippen LogP contribution is 2.27. The van der Waals surface area contributed by atoms with E-state index in [0.717, 1.165) is 42.4 Å². The molecule has 0 bridgehead atoms. The van der Waals surface area contributed by atoms with Crippen LogP contribution in [0.15, 0.2) is 54.6 Å². The fraction of sp³-hybridized carbons (Fsp3) is 0.381. The van der Waals surface area contributed by atoms with Gasteiger partial charge in [-0.25, -0.2) is 0 Å². The number of amides is 1. The molecule has 3 rings (SSSR count). The number of aliphatic hydroxyl groups is 1. The van der Waals surface area contributed by atoms with E-state index in [1.807, 2.05) is 54.4 Å². The first-order valence-electron chi connectivity index (χ1n) is 8.72. The molecular formula is C21H25NO2. The molecule has 1 saturated carbocycles. The molecule has 1 aliphatic carbocycles. The number of carbonyl (C=O) groups excluding carboxylic acids is 1. The van der Waals surface area contributed by atoms with E-state index in [-0.39, 0.29) is 18.6 Å². The first-order valence-corrected chi connectivity index (χ1v) is 8.72. The Kier molecular flexibility index (Phi) is 5.31. The molecule has 1 aliphatic rings. The number of carbonyl (C=O) groups is 1. The second-order valence-electron chi connectivity index (χ2n) is 6.72. The minimum Gasteiger partial charge on any atom is -0.396 e. The fourth-order valence-electron chi connectivity index (χ4n) is 3.52. The van der Waals surface area contributed by atoms with E-state index < -0.39 is 0 Å². The topological polar surface area (TPSA) is 40.5 Å². The Hall–Kier alpha value is -2.13. The molecule has 126 valence electrons. The third-order valence-electron chi connectivity index (χ3n) is 5.18. The van der Waals surface area contributed by atoms with Gasteiger partial charge in [0.05, 0.1) is 0 Å². The third-order valence-corrected chi connectivity index (χ3v) is 5.18. The fourth-order valence-corrected chi connectivity index (χ4v) is 3.52. The van der Waals surface area contributed by atoms with Crippen LogP contribution in [0.2, 0.25) is 0 Å². The van der Waals surface area contributed by atoms with Crippen LogP contribution in [0.4, 0.5) is 0 Å². The summed E-state index contributed by atoms with van der Waals surface area (Å²) in [5.41, 5.74) is 3.02. The van der Waals surface area contributed by atoms with Crippen LogP contribution in [0, 0.1) is 5.92 Å². The maximum Gasteiger partial charge on any atom is 0.253 e. The molecule has 3 heteroatoms. The average Bonchev–Trinajstić information content (AvgIpc) is 2.68. The van der Waals surface area contributed by atoms with E-state index in [0.29, 0.717) is 5.92 Å². The van der Waals surface area contributed by atoms with Crippen LogP contribution in [0.25, 0.3) is 11.1 Å². The predicted octanol–water partition coefficient (Wildman–Crippen LogP) is 3.98. The summed E-state index contributed by atoms with van der Waals surface area (Å²) in [6, 6.07) is 18.3. The second kappa shape index (κ2) is 7.63. The summed E-state index contributed by atoms with van der Waals surface area (Å²) >= 11 is 0. The average molecular weight is 323 g/mol. The van der Waals surface area contributed by atoms with E-state index in [9.17, 15) is 9.90 Å². The molecule has 24 heavy (non-hydrogen) atoms. The SMILES string of the molecule is CN(C(=O)c1ccc(-c2ccccc2)cc1)C1CCC(CO)CC1. The summed E-state index contributed by atoms with van der Waals surface area (Å²) in [5.74, 6) is 0.497. The van der Waals surface area contributed by atoms with Gasteiger partial charge < -0.3 is 10.0 Å². The van der Waals surface area contributed by atoms with Gasteiger partial charge in [0.1, 0.15) is 0 Å². The Morgan fingerprint density at radius 2 is 1.54 bits per heavy atom. The van der Waals surface area contributed by atoms with Gasteiger partial charge in [0.2, 0.25) is 0 Å². The first-order chi connectivity index (χ1) is 11.7. The van der Waals surface area contributed by atoms with Gasteiger partial charge in [-0.1, -0.05) is 42.5 Å². The van der Waals surface area contributed by atoms with Crippen LogP contribution in [0.3, 0.4) is 0 Å². The van der Waals surface area contributed by atoms with Gasteiger partial charge in [0, 0.05) is 25.3 Å². The van der Waals surface area contributed by atoms with Crippen LogP contribution >= 0.6 is 0 Å². The second-order valence-corrected chi connectivity index (χ2v) is 6.72. The smallest absolute Gasteiger partial charge is 0.253 e. The Morgan fingerprint density at radius 1 is 0.958 bits per heavy atom. The summed E-state index contributed by atoms with van der Waals surface area (Å²) in [6.07, 6.45) is 3.97. The van der Waals surface area contributed by atoms with Gasteiger partial charge >= 0.3 is 0 Å². The number of hydrogen-bond acceptors (Lipinski definition) is 2. The van der Waals surface area contributed by atoms with E-state index in [4.69, 9.17) is 0 Å². The van der Waals surface area contributed by atoms with E-state index in [1.165, 1.54) is 0 Å². The molecule has 1 fully saturated rings. The van der Waals surface area contributed by atoms with Gasteiger partial charge in [0.15, 0.2) is 0 Å². The van der Waals surface area contributed by atoms with E-state index in [2.05, 4.69) is 12.1 Å². The zero-order valence-electron chi connectivity index (χ0n) is 14.2. The highest BCUT2D eigenvalue weighted by atomic mass is 16.3. The molecule has 0 heterocycles.